The van der Waals surface area contributed by atoms with Crippen LogP contribution in [0.1, 0.15) is 38.3 Å². The van der Waals surface area contributed by atoms with Gasteiger partial charge in [-0.3, -0.25) is 0 Å². The molecule has 0 unspecified atom stereocenters. The van der Waals surface area contributed by atoms with Gasteiger partial charge in [0.1, 0.15) is 0 Å². The molecule has 4 nitrogen and oxygen atoms in total. The molecule has 0 aromatic heterocycles. The highest BCUT2D eigenvalue weighted by molar-refractivity contribution is 14.0. The van der Waals surface area contributed by atoms with Crippen LogP contribution in [0.2, 0.25) is 0 Å². The lowest BCUT2D eigenvalue weighted by Crippen LogP contribution is -2.40. The van der Waals surface area contributed by atoms with Gasteiger partial charge in [0, 0.05) is 19.6 Å². The van der Waals surface area contributed by atoms with E-state index >= 15 is 0 Å². The van der Waals surface area contributed by atoms with Crippen molar-refractivity contribution in [2.75, 3.05) is 19.6 Å². The molecular weight excluding hydrogens is 387 g/mol. The fraction of sp³-hybridized carbons (Fsp3) is 0.529. The van der Waals surface area contributed by atoms with E-state index in [1.54, 1.807) is 0 Å². The minimum absolute atomic E-state index is 0. The average Bonchev–Trinajstić information content (AvgIpc) is 2.83. The van der Waals surface area contributed by atoms with Crippen LogP contribution in [0.15, 0.2) is 29.3 Å². The Morgan fingerprint density at radius 3 is 2.82 bits per heavy atom. The van der Waals surface area contributed by atoms with Crippen molar-refractivity contribution in [3.05, 3.63) is 35.4 Å². The fourth-order valence-electron chi connectivity index (χ4n) is 2.62. The van der Waals surface area contributed by atoms with Crippen LogP contribution in [0.4, 0.5) is 0 Å². The van der Waals surface area contributed by atoms with Crippen LogP contribution >= 0.6 is 24.0 Å². The quantitative estimate of drug-likeness (QED) is 0.471. The lowest BCUT2D eigenvalue weighted by Gasteiger charge is -2.23. The third-order valence-electron chi connectivity index (χ3n) is 3.78. The Morgan fingerprint density at radius 2 is 2.23 bits per heavy atom. The Bertz CT molecular complexity index is 560. The van der Waals surface area contributed by atoms with Crippen LogP contribution in [0.5, 0.6) is 0 Å². The predicted octanol–water partition coefficient (Wildman–Crippen LogP) is 3.37. The lowest BCUT2D eigenvalue weighted by atomic mass is 9.93. The molecule has 1 heterocycles. The van der Waals surface area contributed by atoms with Crippen molar-refractivity contribution in [3.8, 4) is 6.07 Å². The number of benzene rings is 1. The first-order valence-electron chi connectivity index (χ1n) is 7.56. The standard InChI is InChI=1S/C17H24N4.HI/c1-4-19-16(21-9-8-17(2,3)13-21)20-12-15-7-5-6-14(10-15)11-18;/h5-7,10H,4,8-9,12-13H2,1-3H3,(H,19,20);1H. The number of hydrogen-bond acceptors (Lipinski definition) is 2. The molecule has 1 aromatic rings. The summed E-state index contributed by atoms with van der Waals surface area (Å²) in [5.41, 5.74) is 2.12. The zero-order chi connectivity index (χ0) is 15.3. The molecule has 0 atom stereocenters. The molecule has 0 aliphatic carbocycles. The van der Waals surface area contributed by atoms with Crippen molar-refractivity contribution in [2.45, 2.75) is 33.7 Å². The van der Waals surface area contributed by atoms with Gasteiger partial charge >= 0.3 is 0 Å². The van der Waals surface area contributed by atoms with Gasteiger partial charge in [0.15, 0.2) is 5.96 Å². The van der Waals surface area contributed by atoms with Gasteiger partial charge in [-0.2, -0.15) is 5.26 Å². The molecule has 0 radical (unpaired) electrons. The normalized spacial score (nSPS) is 16.8. The van der Waals surface area contributed by atoms with E-state index in [9.17, 15) is 0 Å². The summed E-state index contributed by atoms with van der Waals surface area (Å²) in [7, 11) is 0. The average molecular weight is 412 g/mol. The molecule has 0 bridgehead atoms. The molecule has 22 heavy (non-hydrogen) atoms. The number of nitrogens with zero attached hydrogens (tertiary/aromatic N) is 3. The molecule has 0 spiro atoms. The third kappa shape index (κ3) is 5.16. The SMILES string of the molecule is CCNC(=NCc1cccc(C#N)c1)N1CCC(C)(C)C1.I. The van der Waals surface area contributed by atoms with Crippen molar-refractivity contribution in [1.82, 2.24) is 10.2 Å². The van der Waals surface area contributed by atoms with Crippen molar-refractivity contribution in [1.29, 1.82) is 5.26 Å². The highest BCUT2D eigenvalue weighted by Gasteiger charge is 2.30. The largest absolute Gasteiger partial charge is 0.357 e. The number of likely N-dealkylation sites (tertiary alicyclic amines) is 1. The molecule has 120 valence electrons. The Kier molecular flexibility index (Phi) is 7.14. The molecule has 0 saturated carbocycles. The summed E-state index contributed by atoms with van der Waals surface area (Å²) < 4.78 is 0. The van der Waals surface area contributed by atoms with Crippen LogP contribution in [-0.4, -0.2) is 30.5 Å². The van der Waals surface area contributed by atoms with Gasteiger partial charge < -0.3 is 10.2 Å². The van der Waals surface area contributed by atoms with E-state index in [2.05, 4.69) is 37.1 Å². The van der Waals surface area contributed by atoms with Crippen molar-refractivity contribution in [3.63, 3.8) is 0 Å². The van der Waals surface area contributed by atoms with Crippen LogP contribution in [0.3, 0.4) is 0 Å². The molecule has 1 aliphatic rings. The van der Waals surface area contributed by atoms with Gasteiger partial charge in [-0.05, 0) is 36.5 Å². The maximum Gasteiger partial charge on any atom is 0.194 e. The topological polar surface area (TPSA) is 51.4 Å². The number of aliphatic imine (C=N–C) groups is 1. The second-order valence-corrected chi connectivity index (χ2v) is 6.32. The second kappa shape index (κ2) is 8.37. The van der Waals surface area contributed by atoms with Crippen LogP contribution < -0.4 is 5.32 Å². The molecule has 0 amide bonds. The van der Waals surface area contributed by atoms with Crippen molar-refractivity contribution >= 4 is 29.9 Å². The zero-order valence-corrected chi connectivity index (χ0v) is 15.9. The van der Waals surface area contributed by atoms with Crippen molar-refractivity contribution in [2.24, 2.45) is 10.4 Å². The number of halogens is 1. The first-order chi connectivity index (χ1) is 10.0. The van der Waals surface area contributed by atoms with Gasteiger partial charge in [-0.15, -0.1) is 24.0 Å². The Labute approximate surface area is 150 Å². The van der Waals surface area contributed by atoms with Gasteiger partial charge in [0.25, 0.3) is 0 Å². The minimum Gasteiger partial charge on any atom is -0.357 e. The molecule has 1 aromatic carbocycles. The van der Waals surface area contributed by atoms with E-state index in [1.807, 2.05) is 24.3 Å². The van der Waals surface area contributed by atoms with E-state index in [-0.39, 0.29) is 24.0 Å². The van der Waals surface area contributed by atoms with Gasteiger partial charge in [0.2, 0.25) is 0 Å². The fourth-order valence-corrected chi connectivity index (χ4v) is 2.62. The number of rotatable bonds is 3. The van der Waals surface area contributed by atoms with E-state index < -0.39 is 0 Å². The molecule has 1 fully saturated rings. The molecule has 5 heteroatoms. The van der Waals surface area contributed by atoms with E-state index in [4.69, 9.17) is 10.3 Å². The second-order valence-electron chi connectivity index (χ2n) is 6.32. The summed E-state index contributed by atoms with van der Waals surface area (Å²) >= 11 is 0. The van der Waals surface area contributed by atoms with E-state index in [1.165, 1.54) is 6.42 Å². The number of nitriles is 1. The smallest absolute Gasteiger partial charge is 0.194 e. The first kappa shape index (κ1) is 18.8. The highest BCUT2D eigenvalue weighted by Crippen LogP contribution is 2.28. The number of hydrogen-bond donors (Lipinski definition) is 1. The van der Waals surface area contributed by atoms with Gasteiger partial charge in [-0.1, -0.05) is 26.0 Å². The third-order valence-corrected chi connectivity index (χ3v) is 3.78. The summed E-state index contributed by atoms with van der Waals surface area (Å²) in [6.45, 7) is 10.3. The summed E-state index contributed by atoms with van der Waals surface area (Å²) in [6, 6.07) is 9.82. The zero-order valence-electron chi connectivity index (χ0n) is 13.6. The lowest BCUT2D eigenvalue weighted by molar-refractivity contribution is 0.370. The first-order valence-corrected chi connectivity index (χ1v) is 7.56. The summed E-state index contributed by atoms with van der Waals surface area (Å²) in [5, 5.41) is 12.3. The van der Waals surface area contributed by atoms with E-state index in [0.29, 0.717) is 17.5 Å². The minimum atomic E-state index is 0. The summed E-state index contributed by atoms with van der Waals surface area (Å²) in [6.07, 6.45) is 1.20. The van der Waals surface area contributed by atoms with Gasteiger partial charge in [0.05, 0.1) is 18.2 Å². The number of guanidine groups is 1. The Balaban J connectivity index is 0.00000242. The monoisotopic (exact) mass is 412 g/mol. The maximum absolute atomic E-state index is 8.95. The molecular formula is C17H25IN4. The van der Waals surface area contributed by atoms with E-state index in [0.717, 1.165) is 31.2 Å². The van der Waals surface area contributed by atoms with Crippen molar-refractivity contribution < 1.29 is 0 Å². The molecule has 1 saturated heterocycles. The summed E-state index contributed by atoms with van der Waals surface area (Å²) in [5.74, 6) is 0.977. The highest BCUT2D eigenvalue weighted by atomic mass is 127. The maximum atomic E-state index is 8.95. The summed E-state index contributed by atoms with van der Waals surface area (Å²) in [4.78, 5) is 7.06. The molecule has 1 aliphatic heterocycles. The molecule has 2 rings (SSSR count). The predicted molar refractivity (Wildman–Crippen MR) is 101 cm³/mol. The molecule has 1 N–H and O–H groups in total. The Hall–Kier alpha value is -1.29. The van der Waals surface area contributed by atoms with Crippen LogP contribution in [0, 0.1) is 16.7 Å². The number of nitrogens with one attached hydrogen (secondary N) is 1. The Morgan fingerprint density at radius 1 is 1.45 bits per heavy atom. The van der Waals surface area contributed by atoms with Gasteiger partial charge in [-0.25, -0.2) is 4.99 Å². The van der Waals surface area contributed by atoms with Crippen LogP contribution in [-0.2, 0) is 6.54 Å². The van der Waals surface area contributed by atoms with Crippen LogP contribution in [0.25, 0.3) is 0 Å².